The van der Waals surface area contributed by atoms with E-state index >= 15 is 0 Å². The van der Waals surface area contributed by atoms with Crippen molar-refractivity contribution in [3.63, 3.8) is 0 Å². The SMILES string of the molecule is O=C(O)N1C=Nc2ccccc2C1.[KH]. The molecule has 1 aliphatic rings. The number of carboxylic acid groups (broad SMARTS) is 1. The fourth-order valence-corrected chi connectivity index (χ4v) is 1.24. The molecule has 1 amide bonds. The third kappa shape index (κ3) is 2.43. The van der Waals surface area contributed by atoms with Crippen LogP contribution >= 0.6 is 0 Å². The molecule has 0 radical (unpaired) electrons. The minimum atomic E-state index is -0.974. The number of fused-ring (bicyclic) bond motifs is 1. The van der Waals surface area contributed by atoms with Crippen LogP contribution in [0.1, 0.15) is 5.56 Å². The van der Waals surface area contributed by atoms with E-state index in [1.165, 1.54) is 6.34 Å². The Kier molecular flexibility index (Phi) is 4.27. The van der Waals surface area contributed by atoms with Crippen molar-refractivity contribution in [2.75, 3.05) is 0 Å². The van der Waals surface area contributed by atoms with Crippen LogP contribution in [-0.2, 0) is 6.54 Å². The van der Waals surface area contributed by atoms with Crippen molar-refractivity contribution in [3.8, 4) is 0 Å². The first-order valence-corrected chi connectivity index (χ1v) is 3.89. The average Bonchev–Trinajstić information content (AvgIpc) is 2.17. The molecule has 1 N–H and O–H groups in total. The molecule has 1 aliphatic heterocycles. The Hall–Kier alpha value is -0.204. The Morgan fingerprint density at radius 3 is 2.86 bits per heavy atom. The monoisotopic (exact) mass is 216 g/mol. The molecule has 5 heteroatoms. The van der Waals surface area contributed by atoms with Crippen LogP contribution in [0.3, 0.4) is 0 Å². The van der Waals surface area contributed by atoms with Crippen LogP contribution in [0.4, 0.5) is 10.5 Å². The molecule has 0 saturated heterocycles. The van der Waals surface area contributed by atoms with Crippen LogP contribution < -0.4 is 0 Å². The first kappa shape index (κ1) is 11.9. The Balaban J connectivity index is 0.000000980. The third-order valence-corrected chi connectivity index (χ3v) is 1.91. The molecule has 2 rings (SSSR count). The molecule has 0 aromatic heterocycles. The van der Waals surface area contributed by atoms with E-state index in [0.717, 1.165) is 16.2 Å². The Morgan fingerprint density at radius 2 is 2.14 bits per heavy atom. The molecule has 4 nitrogen and oxygen atoms in total. The van der Waals surface area contributed by atoms with E-state index in [1.807, 2.05) is 24.3 Å². The number of amides is 1. The van der Waals surface area contributed by atoms with Crippen molar-refractivity contribution in [3.05, 3.63) is 29.8 Å². The number of nitrogens with zero attached hydrogens (tertiary/aromatic N) is 2. The summed E-state index contributed by atoms with van der Waals surface area (Å²) in [7, 11) is 0. The van der Waals surface area contributed by atoms with Crippen molar-refractivity contribution in [2.24, 2.45) is 4.99 Å². The molecular formula is C9H9KN2O2. The minimum absolute atomic E-state index is 0. The summed E-state index contributed by atoms with van der Waals surface area (Å²) in [6.45, 7) is 0.384. The van der Waals surface area contributed by atoms with Crippen molar-refractivity contribution in [2.45, 2.75) is 6.54 Å². The molecule has 68 valence electrons. The topological polar surface area (TPSA) is 52.9 Å². The zero-order valence-corrected chi connectivity index (χ0v) is 6.84. The molecule has 0 fully saturated rings. The predicted molar refractivity (Wildman–Crippen MR) is 55.3 cm³/mol. The van der Waals surface area contributed by atoms with Crippen LogP contribution in [0.2, 0.25) is 0 Å². The van der Waals surface area contributed by atoms with E-state index in [0.29, 0.717) is 6.54 Å². The van der Waals surface area contributed by atoms with E-state index in [-0.39, 0.29) is 51.4 Å². The van der Waals surface area contributed by atoms with Gasteiger partial charge in [-0.05, 0) is 11.6 Å². The quantitative estimate of drug-likeness (QED) is 0.662. The van der Waals surface area contributed by atoms with Gasteiger partial charge in [0.1, 0.15) is 6.34 Å². The van der Waals surface area contributed by atoms with Crippen molar-refractivity contribution in [1.29, 1.82) is 0 Å². The van der Waals surface area contributed by atoms with Gasteiger partial charge in [0.05, 0.1) is 12.2 Å². The molecule has 1 heterocycles. The molecule has 0 bridgehead atoms. The van der Waals surface area contributed by atoms with E-state index in [2.05, 4.69) is 4.99 Å². The Labute approximate surface area is 124 Å². The van der Waals surface area contributed by atoms with E-state index in [4.69, 9.17) is 5.11 Å². The van der Waals surface area contributed by atoms with Gasteiger partial charge in [-0.2, -0.15) is 0 Å². The summed E-state index contributed by atoms with van der Waals surface area (Å²) in [6.07, 6.45) is 0.364. The van der Waals surface area contributed by atoms with Gasteiger partial charge in [-0.15, -0.1) is 0 Å². The third-order valence-electron chi connectivity index (χ3n) is 1.91. The molecule has 1 aromatic rings. The van der Waals surface area contributed by atoms with Gasteiger partial charge in [0, 0.05) is 0 Å². The van der Waals surface area contributed by atoms with Gasteiger partial charge >= 0.3 is 57.5 Å². The second kappa shape index (κ2) is 5.04. The van der Waals surface area contributed by atoms with E-state index < -0.39 is 6.09 Å². The van der Waals surface area contributed by atoms with Gasteiger partial charge in [0.2, 0.25) is 0 Å². The summed E-state index contributed by atoms with van der Waals surface area (Å²) in [5.41, 5.74) is 1.78. The molecule has 0 aliphatic carbocycles. The maximum absolute atomic E-state index is 10.6. The van der Waals surface area contributed by atoms with Crippen LogP contribution in [0, 0.1) is 0 Å². The number of carbonyl (C=O) groups is 1. The standard InChI is InChI=1S/C9H8N2O2.K.H/c12-9(13)11-5-7-3-1-2-4-8(7)10-6-11;;/h1-4,6H,5H2,(H,12,13);;. The fourth-order valence-electron chi connectivity index (χ4n) is 1.24. The molecule has 0 unspecified atom stereocenters. The predicted octanol–water partition coefficient (Wildman–Crippen LogP) is 1.19. The number of rotatable bonds is 0. The first-order valence-electron chi connectivity index (χ1n) is 3.89. The molecule has 0 spiro atoms. The Bertz CT molecular complexity index is 379. The van der Waals surface area contributed by atoms with Gasteiger partial charge in [-0.25, -0.2) is 9.79 Å². The van der Waals surface area contributed by atoms with Crippen LogP contribution in [0.5, 0.6) is 0 Å². The number of aliphatic imine (C=N–C) groups is 1. The first-order chi connectivity index (χ1) is 6.27. The summed E-state index contributed by atoms with van der Waals surface area (Å²) < 4.78 is 0. The van der Waals surface area contributed by atoms with Gasteiger partial charge in [-0.1, -0.05) is 18.2 Å². The van der Waals surface area contributed by atoms with E-state index in [1.54, 1.807) is 0 Å². The van der Waals surface area contributed by atoms with Crippen molar-refractivity contribution < 1.29 is 9.90 Å². The van der Waals surface area contributed by atoms with Crippen molar-refractivity contribution in [1.82, 2.24) is 4.90 Å². The van der Waals surface area contributed by atoms with Gasteiger partial charge in [0.25, 0.3) is 0 Å². The maximum atomic E-state index is 10.6. The summed E-state index contributed by atoms with van der Waals surface area (Å²) in [6, 6.07) is 7.50. The van der Waals surface area contributed by atoms with Gasteiger partial charge in [-0.3, -0.25) is 4.90 Å². The Morgan fingerprint density at radius 1 is 1.43 bits per heavy atom. The molecule has 0 atom stereocenters. The van der Waals surface area contributed by atoms with Crippen LogP contribution in [-0.4, -0.2) is 73.8 Å². The van der Waals surface area contributed by atoms with Crippen molar-refractivity contribution >= 4 is 69.5 Å². The van der Waals surface area contributed by atoms with Gasteiger partial charge in [0.15, 0.2) is 0 Å². The fraction of sp³-hybridized carbons (Fsp3) is 0.111. The summed E-state index contributed by atoms with van der Waals surface area (Å²) in [4.78, 5) is 15.8. The molecule has 14 heavy (non-hydrogen) atoms. The molecule has 0 saturated carbocycles. The second-order valence-electron chi connectivity index (χ2n) is 2.78. The summed E-state index contributed by atoms with van der Waals surface area (Å²) >= 11 is 0. The molecule has 1 aromatic carbocycles. The van der Waals surface area contributed by atoms with Crippen LogP contribution in [0.25, 0.3) is 0 Å². The number of hydrogen-bond donors (Lipinski definition) is 1. The second-order valence-corrected chi connectivity index (χ2v) is 2.78. The van der Waals surface area contributed by atoms with E-state index in [9.17, 15) is 4.79 Å². The number of para-hydroxylation sites is 1. The zero-order valence-electron chi connectivity index (χ0n) is 6.84. The van der Waals surface area contributed by atoms with Crippen LogP contribution in [0.15, 0.2) is 29.3 Å². The average molecular weight is 216 g/mol. The van der Waals surface area contributed by atoms with Gasteiger partial charge < -0.3 is 5.11 Å². The number of hydrogen-bond acceptors (Lipinski definition) is 2. The summed E-state index contributed by atoms with van der Waals surface area (Å²) in [5, 5.41) is 8.70. The number of benzene rings is 1. The molecular weight excluding hydrogens is 207 g/mol. The summed E-state index contributed by atoms with van der Waals surface area (Å²) in [5.74, 6) is 0. The zero-order chi connectivity index (χ0) is 9.26. The normalized spacial score (nSPS) is 13.0.